The molecule has 5 rings (SSSR count). The first kappa shape index (κ1) is 30.0. The van der Waals surface area contributed by atoms with Crippen LogP contribution in [-0.4, -0.2) is 29.6 Å². The first-order chi connectivity index (χ1) is 20.4. The van der Waals surface area contributed by atoms with Crippen molar-refractivity contribution in [1.82, 2.24) is 9.55 Å². The zero-order chi connectivity index (χ0) is 30.9. The van der Waals surface area contributed by atoms with Crippen LogP contribution >= 0.6 is 0 Å². The highest BCUT2D eigenvalue weighted by Gasteiger charge is 2.31. The molecule has 0 saturated carbocycles. The van der Waals surface area contributed by atoms with E-state index in [1.54, 1.807) is 43.3 Å². The Labute approximate surface area is 248 Å². The van der Waals surface area contributed by atoms with Crippen molar-refractivity contribution in [2.45, 2.75) is 44.3 Å². The molecule has 0 unspecified atom stereocenters. The number of imidazole rings is 1. The standard InChI is InChI=1S/C33H30F3N3O3S/c1-4-43(41,42)28-16-7-23(8-17-28)19-31(40)37-27-14-11-25(12-15-27)32-38-29-18-13-26(33(34,35)36)20-30(29)39(32)22(3)24-9-5-21(2)6-10-24/h5-18,20,22H,4,19H2,1-3H3,(H,37,40)/t22-/m1/s1. The lowest BCUT2D eigenvalue weighted by Crippen LogP contribution is -2.14. The summed E-state index contributed by atoms with van der Waals surface area (Å²) in [6.07, 6.45) is -4.44. The number of amides is 1. The van der Waals surface area contributed by atoms with Crippen LogP contribution in [0.1, 0.15) is 42.1 Å². The van der Waals surface area contributed by atoms with Gasteiger partial charge < -0.3 is 9.88 Å². The number of anilines is 1. The van der Waals surface area contributed by atoms with Gasteiger partial charge in [0.05, 0.1) is 39.7 Å². The number of benzene rings is 4. The van der Waals surface area contributed by atoms with E-state index in [0.29, 0.717) is 33.7 Å². The van der Waals surface area contributed by atoms with Crippen molar-refractivity contribution in [2.75, 3.05) is 11.1 Å². The summed E-state index contributed by atoms with van der Waals surface area (Å²) < 4.78 is 66.7. The van der Waals surface area contributed by atoms with Crippen molar-refractivity contribution in [2.24, 2.45) is 0 Å². The van der Waals surface area contributed by atoms with Gasteiger partial charge in [-0.25, -0.2) is 13.4 Å². The van der Waals surface area contributed by atoms with Gasteiger partial charge in [0.1, 0.15) is 5.82 Å². The van der Waals surface area contributed by atoms with Crippen LogP contribution in [0.3, 0.4) is 0 Å². The van der Waals surface area contributed by atoms with Gasteiger partial charge in [-0.3, -0.25) is 4.79 Å². The first-order valence-electron chi connectivity index (χ1n) is 13.7. The fourth-order valence-corrected chi connectivity index (χ4v) is 5.82. The number of hydrogen-bond donors (Lipinski definition) is 1. The molecule has 0 saturated heterocycles. The second kappa shape index (κ2) is 11.7. The third kappa shape index (κ3) is 6.49. The molecule has 4 aromatic carbocycles. The van der Waals surface area contributed by atoms with Crippen LogP contribution in [-0.2, 0) is 27.2 Å². The summed E-state index contributed by atoms with van der Waals surface area (Å²) in [5.41, 5.74) is 3.94. The lowest BCUT2D eigenvalue weighted by Gasteiger charge is -2.19. The number of carbonyl (C=O) groups is 1. The van der Waals surface area contributed by atoms with Gasteiger partial charge in [-0.2, -0.15) is 13.2 Å². The summed E-state index contributed by atoms with van der Waals surface area (Å²) in [5.74, 6) is 0.222. The smallest absolute Gasteiger partial charge is 0.326 e. The molecule has 0 aliphatic heterocycles. The molecular weight excluding hydrogens is 575 g/mol. The predicted molar refractivity (Wildman–Crippen MR) is 162 cm³/mol. The fraction of sp³-hybridized carbons (Fsp3) is 0.212. The fourth-order valence-electron chi connectivity index (χ4n) is 4.93. The Hall–Kier alpha value is -4.44. The largest absolute Gasteiger partial charge is 0.416 e. The average molecular weight is 606 g/mol. The van der Waals surface area contributed by atoms with Crippen molar-refractivity contribution in [3.05, 3.63) is 113 Å². The maximum absolute atomic E-state index is 13.6. The highest BCUT2D eigenvalue weighted by Crippen LogP contribution is 2.36. The van der Waals surface area contributed by atoms with Crippen LogP contribution in [0.5, 0.6) is 0 Å². The number of nitrogens with zero attached hydrogens (tertiary/aromatic N) is 2. The monoisotopic (exact) mass is 605 g/mol. The highest BCUT2D eigenvalue weighted by atomic mass is 32.2. The maximum atomic E-state index is 13.6. The van der Waals surface area contributed by atoms with Crippen LogP contribution < -0.4 is 5.32 Å². The molecule has 0 spiro atoms. The zero-order valence-corrected chi connectivity index (χ0v) is 24.6. The van der Waals surface area contributed by atoms with E-state index in [1.165, 1.54) is 18.2 Å². The summed E-state index contributed by atoms with van der Waals surface area (Å²) in [6.45, 7) is 5.47. The Morgan fingerprint density at radius 3 is 2.19 bits per heavy atom. The van der Waals surface area contributed by atoms with Gasteiger partial charge in [0.25, 0.3) is 0 Å². The predicted octanol–water partition coefficient (Wildman–Crippen LogP) is 7.61. The number of rotatable bonds is 8. The Balaban J connectivity index is 1.42. The third-order valence-corrected chi connectivity index (χ3v) is 9.17. The Bertz CT molecular complexity index is 1880. The Kier molecular flexibility index (Phi) is 8.16. The number of sulfone groups is 1. The molecular formula is C33H30F3N3O3S. The second-order valence-electron chi connectivity index (χ2n) is 10.4. The van der Waals surface area contributed by atoms with Crippen LogP contribution in [0.4, 0.5) is 18.9 Å². The van der Waals surface area contributed by atoms with E-state index in [1.807, 2.05) is 42.7 Å². The summed E-state index contributed by atoms with van der Waals surface area (Å²) in [6, 6.07) is 24.3. The number of hydrogen-bond acceptors (Lipinski definition) is 4. The van der Waals surface area contributed by atoms with Gasteiger partial charge in [0.2, 0.25) is 5.91 Å². The molecule has 43 heavy (non-hydrogen) atoms. The number of aromatic nitrogens is 2. The molecule has 0 fully saturated rings. The van der Waals surface area contributed by atoms with E-state index < -0.39 is 21.6 Å². The molecule has 10 heteroatoms. The first-order valence-corrected chi connectivity index (χ1v) is 15.4. The van der Waals surface area contributed by atoms with Crippen molar-refractivity contribution in [1.29, 1.82) is 0 Å². The van der Waals surface area contributed by atoms with E-state index in [0.717, 1.165) is 23.3 Å². The average Bonchev–Trinajstić information content (AvgIpc) is 3.36. The molecule has 5 aromatic rings. The number of fused-ring (bicyclic) bond motifs is 1. The number of halogens is 3. The summed E-state index contributed by atoms with van der Waals surface area (Å²) in [4.78, 5) is 17.6. The lowest BCUT2D eigenvalue weighted by atomic mass is 10.1. The molecule has 0 radical (unpaired) electrons. The van der Waals surface area contributed by atoms with E-state index in [4.69, 9.17) is 4.98 Å². The normalized spacial score (nSPS) is 12.8. The topological polar surface area (TPSA) is 81.1 Å². The highest BCUT2D eigenvalue weighted by molar-refractivity contribution is 7.91. The van der Waals surface area contributed by atoms with Gasteiger partial charge in [0, 0.05) is 11.3 Å². The van der Waals surface area contributed by atoms with E-state index >= 15 is 0 Å². The molecule has 1 N–H and O–H groups in total. The number of nitrogens with one attached hydrogen (secondary N) is 1. The molecule has 0 aliphatic carbocycles. The van der Waals surface area contributed by atoms with E-state index in [9.17, 15) is 26.4 Å². The Morgan fingerprint density at radius 2 is 1.58 bits per heavy atom. The Morgan fingerprint density at radius 1 is 0.930 bits per heavy atom. The number of carbonyl (C=O) groups excluding carboxylic acids is 1. The van der Waals surface area contributed by atoms with Gasteiger partial charge >= 0.3 is 6.18 Å². The van der Waals surface area contributed by atoms with Crippen LogP contribution in [0.2, 0.25) is 0 Å². The van der Waals surface area contributed by atoms with E-state index in [2.05, 4.69) is 5.32 Å². The van der Waals surface area contributed by atoms with Crippen molar-refractivity contribution >= 4 is 32.5 Å². The number of alkyl halides is 3. The molecule has 222 valence electrons. The summed E-state index contributed by atoms with van der Waals surface area (Å²) in [7, 11) is -3.32. The molecule has 0 bridgehead atoms. The van der Waals surface area contributed by atoms with Crippen LogP contribution in [0.15, 0.2) is 95.9 Å². The quantitative estimate of drug-likeness (QED) is 0.197. The lowest BCUT2D eigenvalue weighted by molar-refractivity contribution is -0.137. The van der Waals surface area contributed by atoms with Gasteiger partial charge in [-0.05, 0) is 79.6 Å². The van der Waals surface area contributed by atoms with E-state index in [-0.39, 0.29) is 29.0 Å². The molecule has 0 aliphatic rings. The minimum atomic E-state index is -4.49. The minimum Gasteiger partial charge on any atom is -0.326 e. The maximum Gasteiger partial charge on any atom is 0.416 e. The molecule has 1 amide bonds. The minimum absolute atomic E-state index is 0.00143. The molecule has 1 aromatic heterocycles. The van der Waals surface area contributed by atoms with Crippen molar-refractivity contribution in [3.8, 4) is 11.4 Å². The van der Waals surface area contributed by atoms with Gasteiger partial charge in [-0.1, -0.05) is 48.9 Å². The third-order valence-electron chi connectivity index (χ3n) is 7.42. The second-order valence-corrected chi connectivity index (χ2v) is 12.7. The van der Waals surface area contributed by atoms with Crippen LogP contribution in [0, 0.1) is 6.92 Å². The van der Waals surface area contributed by atoms with Crippen molar-refractivity contribution in [3.63, 3.8) is 0 Å². The summed E-state index contributed by atoms with van der Waals surface area (Å²) >= 11 is 0. The van der Waals surface area contributed by atoms with Crippen LogP contribution in [0.25, 0.3) is 22.4 Å². The summed E-state index contributed by atoms with van der Waals surface area (Å²) in [5, 5.41) is 2.83. The zero-order valence-electron chi connectivity index (χ0n) is 23.8. The molecule has 1 heterocycles. The van der Waals surface area contributed by atoms with Crippen molar-refractivity contribution < 1.29 is 26.4 Å². The SMILES string of the molecule is CCS(=O)(=O)c1ccc(CC(=O)Nc2ccc(-c3nc4ccc(C(F)(F)F)cc4n3[C@H](C)c3ccc(C)cc3)cc2)cc1. The molecule has 6 nitrogen and oxygen atoms in total. The van der Waals surface area contributed by atoms with Gasteiger partial charge in [0.15, 0.2) is 9.84 Å². The molecule has 1 atom stereocenters. The number of aryl methyl sites for hydroxylation is 1. The van der Waals surface area contributed by atoms with Gasteiger partial charge in [-0.15, -0.1) is 0 Å².